The maximum Gasteiger partial charge on any atom is 0.337 e. The Morgan fingerprint density at radius 2 is 1.55 bits per heavy atom. The van der Waals surface area contributed by atoms with Gasteiger partial charge in [-0.15, -0.1) is 11.8 Å². The molecule has 1 unspecified atom stereocenters. The molecule has 1 heterocycles. The molecule has 5 nitrogen and oxygen atoms in total. The van der Waals surface area contributed by atoms with Gasteiger partial charge in [-0.3, -0.25) is 9.59 Å². The second kappa shape index (κ2) is 7.93. The van der Waals surface area contributed by atoms with Crippen molar-refractivity contribution in [1.82, 2.24) is 0 Å². The standard InChI is InChI=1S/C23H17NO4S/c1-28-23(27)16-12-13-19-18(14-16)20(29-17-10-6-3-7-11-17)22(26)24(19)21(25)15-8-4-2-5-9-15/h2-14,20H,1H3. The SMILES string of the molecule is COC(=O)c1ccc2c(c1)C(Sc1ccccc1)C(=O)N2C(=O)c1ccccc1. The molecule has 1 aliphatic rings. The molecule has 0 aliphatic carbocycles. The molecule has 0 saturated carbocycles. The Hall–Kier alpha value is -3.38. The first kappa shape index (κ1) is 19.0. The molecular weight excluding hydrogens is 386 g/mol. The molecule has 144 valence electrons. The zero-order chi connectivity index (χ0) is 20.4. The Morgan fingerprint density at radius 3 is 2.21 bits per heavy atom. The van der Waals surface area contributed by atoms with Crippen molar-refractivity contribution in [3.63, 3.8) is 0 Å². The molecule has 0 N–H and O–H groups in total. The van der Waals surface area contributed by atoms with Crippen LogP contribution in [-0.4, -0.2) is 24.9 Å². The van der Waals surface area contributed by atoms with Crippen LogP contribution in [0.3, 0.4) is 0 Å². The minimum absolute atomic E-state index is 0.329. The lowest BCUT2D eigenvalue weighted by atomic mass is 10.1. The summed E-state index contributed by atoms with van der Waals surface area (Å²) in [5.74, 6) is -1.21. The highest BCUT2D eigenvalue weighted by atomic mass is 32.2. The number of imide groups is 1. The van der Waals surface area contributed by atoms with Gasteiger partial charge in [0.05, 0.1) is 18.4 Å². The van der Waals surface area contributed by atoms with E-state index in [2.05, 4.69) is 0 Å². The summed E-state index contributed by atoms with van der Waals surface area (Å²) in [7, 11) is 1.31. The maximum atomic E-state index is 13.3. The number of methoxy groups -OCH3 is 1. The summed E-state index contributed by atoms with van der Waals surface area (Å²) in [6, 6.07) is 23.0. The predicted octanol–water partition coefficient (Wildman–Crippen LogP) is 4.49. The summed E-state index contributed by atoms with van der Waals surface area (Å²) >= 11 is 1.35. The number of hydrogen-bond acceptors (Lipinski definition) is 5. The fourth-order valence-electron chi connectivity index (χ4n) is 3.25. The number of rotatable bonds is 4. The van der Waals surface area contributed by atoms with Crippen molar-refractivity contribution < 1.29 is 19.1 Å². The van der Waals surface area contributed by atoms with Gasteiger partial charge in [-0.05, 0) is 42.5 Å². The van der Waals surface area contributed by atoms with Crippen LogP contribution in [0.15, 0.2) is 83.8 Å². The molecule has 1 atom stereocenters. The van der Waals surface area contributed by atoms with E-state index in [1.165, 1.54) is 23.8 Å². The Kier molecular flexibility index (Phi) is 5.18. The lowest BCUT2D eigenvalue weighted by Gasteiger charge is -2.16. The van der Waals surface area contributed by atoms with E-state index in [-0.39, 0.29) is 11.8 Å². The lowest BCUT2D eigenvalue weighted by Crippen LogP contribution is -2.34. The third kappa shape index (κ3) is 3.54. The summed E-state index contributed by atoms with van der Waals surface area (Å²) in [4.78, 5) is 40.5. The molecule has 0 saturated heterocycles. The average molecular weight is 403 g/mol. The number of nitrogens with zero attached hydrogens (tertiary/aromatic N) is 1. The number of anilines is 1. The molecule has 0 aromatic heterocycles. The first-order chi connectivity index (χ1) is 14.1. The van der Waals surface area contributed by atoms with E-state index in [4.69, 9.17) is 4.74 Å². The number of benzene rings is 3. The van der Waals surface area contributed by atoms with Crippen LogP contribution in [0.25, 0.3) is 0 Å². The summed E-state index contributed by atoms with van der Waals surface area (Å²) in [6.45, 7) is 0. The normalized spacial score (nSPS) is 15.1. The van der Waals surface area contributed by atoms with Crippen LogP contribution < -0.4 is 4.90 Å². The first-order valence-corrected chi connectivity index (χ1v) is 9.85. The van der Waals surface area contributed by atoms with E-state index in [0.717, 1.165) is 4.90 Å². The van der Waals surface area contributed by atoms with Crippen molar-refractivity contribution in [1.29, 1.82) is 0 Å². The fourth-order valence-corrected chi connectivity index (χ4v) is 4.36. The van der Waals surface area contributed by atoms with Gasteiger partial charge in [-0.25, -0.2) is 9.69 Å². The smallest absolute Gasteiger partial charge is 0.337 e. The minimum Gasteiger partial charge on any atom is -0.465 e. The molecule has 1 aliphatic heterocycles. The molecule has 0 spiro atoms. The molecular formula is C23H17NO4S. The van der Waals surface area contributed by atoms with Crippen molar-refractivity contribution >= 4 is 35.2 Å². The minimum atomic E-state index is -0.635. The van der Waals surface area contributed by atoms with E-state index >= 15 is 0 Å². The van der Waals surface area contributed by atoms with Crippen LogP contribution in [0.5, 0.6) is 0 Å². The lowest BCUT2D eigenvalue weighted by molar-refractivity contribution is -0.117. The predicted molar refractivity (Wildman–Crippen MR) is 111 cm³/mol. The van der Waals surface area contributed by atoms with Gasteiger partial charge in [-0.1, -0.05) is 36.4 Å². The monoisotopic (exact) mass is 403 g/mol. The quantitative estimate of drug-likeness (QED) is 0.474. The molecule has 4 rings (SSSR count). The number of fused-ring (bicyclic) bond motifs is 1. The molecule has 3 aromatic rings. The van der Waals surface area contributed by atoms with Crippen LogP contribution in [0.4, 0.5) is 5.69 Å². The van der Waals surface area contributed by atoms with Crippen molar-refractivity contribution in [2.45, 2.75) is 10.1 Å². The van der Waals surface area contributed by atoms with Gasteiger partial charge in [0, 0.05) is 16.0 Å². The Bertz CT molecular complexity index is 1080. The summed E-state index contributed by atoms with van der Waals surface area (Å²) < 4.78 is 4.81. The molecule has 0 radical (unpaired) electrons. The van der Waals surface area contributed by atoms with Crippen LogP contribution >= 0.6 is 11.8 Å². The number of amides is 2. The average Bonchev–Trinajstić information content (AvgIpc) is 3.04. The van der Waals surface area contributed by atoms with Crippen LogP contribution in [0.1, 0.15) is 31.5 Å². The molecule has 0 bridgehead atoms. The number of thioether (sulfide) groups is 1. The third-order valence-corrected chi connectivity index (χ3v) is 5.87. The highest BCUT2D eigenvalue weighted by Crippen LogP contribution is 2.47. The second-order valence-corrected chi connectivity index (χ2v) is 7.60. The largest absolute Gasteiger partial charge is 0.465 e. The number of ether oxygens (including phenoxy) is 1. The van der Waals surface area contributed by atoms with Gasteiger partial charge in [0.15, 0.2) is 0 Å². The molecule has 6 heteroatoms. The van der Waals surface area contributed by atoms with Crippen molar-refractivity contribution in [2.24, 2.45) is 0 Å². The third-order valence-electron chi connectivity index (χ3n) is 4.64. The van der Waals surface area contributed by atoms with E-state index < -0.39 is 11.2 Å². The first-order valence-electron chi connectivity index (χ1n) is 8.97. The fraction of sp³-hybridized carbons (Fsp3) is 0.0870. The van der Waals surface area contributed by atoms with Crippen molar-refractivity contribution in [2.75, 3.05) is 12.0 Å². The van der Waals surface area contributed by atoms with Gasteiger partial charge in [-0.2, -0.15) is 0 Å². The van der Waals surface area contributed by atoms with Gasteiger partial charge < -0.3 is 4.74 Å². The van der Waals surface area contributed by atoms with Gasteiger partial charge in [0.2, 0.25) is 0 Å². The molecule has 2 amide bonds. The van der Waals surface area contributed by atoms with Crippen LogP contribution in [-0.2, 0) is 9.53 Å². The second-order valence-electron chi connectivity index (χ2n) is 6.42. The molecule has 0 fully saturated rings. The van der Waals surface area contributed by atoms with Crippen molar-refractivity contribution in [3.05, 3.63) is 95.6 Å². The Morgan fingerprint density at radius 1 is 0.897 bits per heavy atom. The van der Waals surface area contributed by atoms with Gasteiger partial charge in [0.1, 0.15) is 5.25 Å². The van der Waals surface area contributed by atoms with E-state index in [1.54, 1.807) is 42.5 Å². The summed E-state index contributed by atoms with van der Waals surface area (Å²) in [5.41, 5.74) is 1.88. The molecule has 3 aromatic carbocycles. The number of esters is 1. The van der Waals surface area contributed by atoms with E-state index in [0.29, 0.717) is 22.4 Å². The number of hydrogen-bond donors (Lipinski definition) is 0. The molecule has 29 heavy (non-hydrogen) atoms. The van der Waals surface area contributed by atoms with Crippen LogP contribution in [0.2, 0.25) is 0 Å². The topological polar surface area (TPSA) is 63.7 Å². The zero-order valence-corrected chi connectivity index (χ0v) is 16.4. The van der Waals surface area contributed by atoms with E-state index in [1.807, 2.05) is 36.4 Å². The number of carbonyl (C=O) groups excluding carboxylic acids is 3. The summed E-state index contributed by atoms with van der Waals surface area (Å²) in [6.07, 6.45) is 0. The number of carbonyl (C=O) groups is 3. The highest BCUT2D eigenvalue weighted by molar-refractivity contribution is 8.00. The van der Waals surface area contributed by atoms with Crippen molar-refractivity contribution in [3.8, 4) is 0 Å². The highest BCUT2D eigenvalue weighted by Gasteiger charge is 2.42. The Balaban J connectivity index is 1.78. The van der Waals surface area contributed by atoms with Gasteiger partial charge >= 0.3 is 5.97 Å². The maximum absolute atomic E-state index is 13.3. The zero-order valence-electron chi connectivity index (χ0n) is 15.6. The van der Waals surface area contributed by atoms with E-state index in [9.17, 15) is 14.4 Å². The summed E-state index contributed by atoms with van der Waals surface area (Å²) in [5, 5.41) is -0.635. The Labute approximate surface area is 172 Å². The van der Waals surface area contributed by atoms with Crippen LogP contribution in [0, 0.1) is 0 Å². The van der Waals surface area contributed by atoms with Gasteiger partial charge in [0.25, 0.3) is 11.8 Å².